The van der Waals surface area contributed by atoms with Crippen LogP contribution in [0.2, 0.25) is 19.6 Å². The Hall–Kier alpha value is -0.0431. The maximum atomic E-state index is 2.41. The first-order chi connectivity index (χ1) is 4.52. The third kappa shape index (κ3) is 3.21. The van der Waals surface area contributed by atoms with E-state index in [2.05, 4.69) is 39.6 Å². The minimum atomic E-state index is -0.947. The van der Waals surface area contributed by atoms with E-state index in [1.807, 2.05) is 0 Å². The molecule has 0 radical (unpaired) electrons. The van der Waals surface area contributed by atoms with Crippen molar-refractivity contribution in [2.45, 2.75) is 46.3 Å². The lowest BCUT2D eigenvalue weighted by molar-refractivity contribution is 1.11. The molecule has 1 heteroatoms. The molecular weight excluding hydrogens is 136 g/mol. The zero-order valence-electron chi connectivity index (χ0n) is 7.99. The monoisotopic (exact) mass is 156 g/mol. The summed E-state index contributed by atoms with van der Waals surface area (Å²) >= 11 is 0. The third-order valence-electron chi connectivity index (χ3n) is 1.79. The SMILES string of the molecule is CC/C=C(\CC)[Si](C)(C)C. The van der Waals surface area contributed by atoms with E-state index in [9.17, 15) is 0 Å². The average Bonchev–Trinajstić information content (AvgIpc) is 1.80. The highest BCUT2D eigenvalue weighted by atomic mass is 28.3. The summed E-state index contributed by atoms with van der Waals surface area (Å²) in [5.74, 6) is 0. The number of hydrogen-bond acceptors (Lipinski definition) is 0. The van der Waals surface area contributed by atoms with Crippen molar-refractivity contribution in [1.29, 1.82) is 0 Å². The molecule has 0 fully saturated rings. The highest BCUT2D eigenvalue weighted by Crippen LogP contribution is 2.17. The lowest BCUT2D eigenvalue weighted by Gasteiger charge is -2.19. The van der Waals surface area contributed by atoms with Gasteiger partial charge in [0.05, 0.1) is 8.07 Å². The molecule has 0 aliphatic rings. The van der Waals surface area contributed by atoms with Crippen LogP contribution < -0.4 is 0 Å². The lowest BCUT2D eigenvalue weighted by atomic mass is 10.3. The molecule has 0 atom stereocenters. The molecule has 0 N–H and O–H groups in total. The van der Waals surface area contributed by atoms with E-state index in [1.54, 1.807) is 5.20 Å². The Morgan fingerprint density at radius 3 is 1.80 bits per heavy atom. The topological polar surface area (TPSA) is 0 Å². The summed E-state index contributed by atoms with van der Waals surface area (Å²) < 4.78 is 0. The van der Waals surface area contributed by atoms with Crippen molar-refractivity contribution in [2.24, 2.45) is 0 Å². The quantitative estimate of drug-likeness (QED) is 0.548. The highest BCUT2D eigenvalue weighted by Gasteiger charge is 2.16. The van der Waals surface area contributed by atoms with Gasteiger partial charge in [-0.2, -0.15) is 0 Å². The Bertz CT molecular complexity index is 117. The standard InChI is InChI=1S/C9H20Si/c1-6-8-9(7-2)10(3,4)5/h8H,6-7H2,1-5H3/b9-8+. The first-order valence-electron chi connectivity index (χ1n) is 4.21. The summed E-state index contributed by atoms with van der Waals surface area (Å²) in [5.41, 5.74) is 0. The fraction of sp³-hybridized carbons (Fsp3) is 0.778. The van der Waals surface area contributed by atoms with E-state index in [1.165, 1.54) is 12.8 Å². The van der Waals surface area contributed by atoms with Gasteiger partial charge in [0.15, 0.2) is 0 Å². The van der Waals surface area contributed by atoms with Crippen LogP contribution in [0.5, 0.6) is 0 Å². The van der Waals surface area contributed by atoms with Gasteiger partial charge in [-0.3, -0.25) is 0 Å². The Morgan fingerprint density at radius 2 is 1.70 bits per heavy atom. The Morgan fingerprint density at radius 1 is 1.20 bits per heavy atom. The van der Waals surface area contributed by atoms with Crippen LogP contribution in [0.1, 0.15) is 26.7 Å². The summed E-state index contributed by atoms with van der Waals surface area (Å²) in [7, 11) is -0.947. The van der Waals surface area contributed by atoms with Gasteiger partial charge < -0.3 is 0 Å². The average molecular weight is 156 g/mol. The molecule has 0 aromatic carbocycles. The van der Waals surface area contributed by atoms with E-state index >= 15 is 0 Å². The summed E-state index contributed by atoms with van der Waals surface area (Å²) in [6.07, 6.45) is 4.86. The van der Waals surface area contributed by atoms with Crippen LogP contribution in [-0.2, 0) is 0 Å². The normalized spacial score (nSPS) is 13.9. The van der Waals surface area contributed by atoms with Gasteiger partial charge >= 0.3 is 0 Å². The number of hydrogen-bond donors (Lipinski definition) is 0. The van der Waals surface area contributed by atoms with E-state index in [-0.39, 0.29) is 0 Å². The molecule has 0 saturated carbocycles. The molecular formula is C9H20Si. The van der Waals surface area contributed by atoms with Crippen molar-refractivity contribution in [3.8, 4) is 0 Å². The summed E-state index contributed by atoms with van der Waals surface area (Å²) in [6, 6.07) is 0. The van der Waals surface area contributed by atoms with E-state index in [0.29, 0.717) is 0 Å². The summed E-state index contributed by atoms with van der Waals surface area (Å²) in [4.78, 5) is 0. The molecule has 10 heavy (non-hydrogen) atoms. The summed E-state index contributed by atoms with van der Waals surface area (Å²) in [6.45, 7) is 11.7. The van der Waals surface area contributed by atoms with Crippen molar-refractivity contribution in [3.63, 3.8) is 0 Å². The zero-order chi connectivity index (χ0) is 8.20. The van der Waals surface area contributed by atoms with E-state index < -0.39 is 8.07 Å². The van der Waals surface area contributed by atoms with Crippen LogP contribution in [0, 0.1) is 0 Å². The molecule has 0 aliphatic carbocycles. The Balaban J connectivity index is 4.21. The van der Waals surface area contributed by atoms with Gasteiger partial charge in [-0.15, -0.1) is 0 Å². The largest absolute Gasteiger partial charge is 0.0895 e. The van der Waals surface area contributed by atoms with Gasteiger partial charge in [0.2, 0.25) is 0 Å². The van der Waals surface area contributed by atoms with Crippen molar-refractivity contribution in [1.82, 2.24) is 0 Å². The molecule has 0 rings (SSSR count). The lowest BCUT2D eigenvalue weighted by Crippen LogP contribution is -2.23. The zero-order valence-corrected chi connectivity index (χ0v) is 8.99. The first kappa shape index (κ1) is 9.96. The molecule has 0 aromatic rings. The van der Waals surface area contributed by atoms with Crippen molar-refractivity contribution in [2.75, 3.05) is 0 Å². The maximum Gasteiger partial charge on any atom is 0.0720 e. The van der Waals surface area contributed by atoms with Crippen LogP contribution in [0.15, 0.2) is 11.3 Å². The molecule has 0 heterocycles. The molecule has 0 unspecified atom stereocenters. The van der Waals surface area contributed by atoms with Crippen molar-refractivity contribution < 1.29 is 0 Å². The Kier molecular flexibility index (Phi) is 3.95. The fourth-order valence-electron chi connectivity index (χ4n) is 1.23. The van der Waals surface area contributed by atoms with Crippen LogP contribution in [0.25, 0.3) is 0 Å². The minimum absolute atomic E-state index is 0.947. The van der Waals surface area contributed by atoms with Gasteiger partial charge in [0, 0.05) is 0 Å². The van der Waals surface area contributed by atoms with Gasteiger partial charge in [0.25, 0.3) is 0 Å². The van der Waals surface area contributed by atoms with Crippen LogP contribution >= 0.6 is 0 Å². The molecule has 0 saturated heterocycles. The first-order valence-corrected chi connectivity index (χ1v) is 7.71. The minimum Gasteiger partial charge on any atom is -0.0895 e. The molecule has 60 valence electrons. The van der Waals surface area contributed by atoms with Gasteiger partial charge in [-0.25, -0.2) is 0 Å². The third-order valence-corrected chi connectivity index (χ3v) is 4.28. The van der Waals surface area contributed by atoms with Crippen molar-refractivity contribution in [3.05, 3.63) is 11.3 Å². The van der Waals surface area contributed by atoms with Crippen LogP contribution in [0.4, 0.5) is 0 Å². The van der Waals surface area contributed by atoms with Crippen LogP contribution in [-0.4, -0.2) is 8.07 Å². The second-order valence-electron chi connectivity index (χ2n) is 3.74. The van der Waals surface area contributed by atoms with Crippen LogP contribution in [0.3, 0.4) is 0 Å². The van der Waals surface area contributed by atoms with Crippen molar-refractivity contribution >= 4 is 8.07 Å². The second kappa shape index (κ2) is 3.97. The van der Waals surface area contributed by atoms with Gasteiger partial charge in [-0.05, 0) is 12.8 Å². The van der Waals surface area contributed by atoms with E-state index in [4.69, 9.17) is 0 Å². The molecule has 0 spiro atoms. The highest BCUT2D eigenvalue weighted by molar-refractivity contribution is 6.83. The maximum absolute atomic E-state index is 2.41. The second-order valence-corrected chi connectivity index (χ2v) is 8.88. The molecule has 0 aromatic heterocycles. The molecule has 0 bridgehead atoms. The number of rotatable bonds is 3. The van der Waals surface area contributed by atoms with Gasteiger partial charge in [-0.1, -0.05) is 44.8 Å². The predicted octanol–water partition coefficient (Wildman–Crippen LogP) is 3.61. The van der Waals surface area contributed by atoms with Gasteiger partial charge in [0.1, 0.15) is 0 Å². The Labute approximate surface area is 66.4 Å². The molecule has 0 aliphatic heterocycles. The smallest absolute Gasteiger partial charge is 0.0720 e. The number of allylic oxidation sites excluding steroid dienone is 2. The predicted molar refractivity (Wildman–Crippen MR) is 52.0 cm³/mol. The summed E-state index contributed by atoms with van der Waals surface area (Å²) in [5, 5.41) is 1.72. The molecule has 0 amide bonds. The van der Waals surface area contributed by atoms with E-state index in [0.717, 1.165) is 0 Å². The fourth-order valence-corrected chi connectivity index (χ4v) is 3.10. The molecule has 0 nitrogen and oxygen atoms in total.